The maximum Gasteiger partial charge on any atom is 0.358 e. The zero-order chi connectivity index (χ0) is 14.7. The summed E-state index contributed by atoms with van der Waals surface area (Å²) in [4.78, 5) is 28.2. The maximum absolute atomic E-state index is 11.3. The molecule has 0 radical (unpaired) electrons. The fraction of sp³-hybridized carbons (Fsp3) is 0.308. The lowest BCUT2D eigenvalue weighted by Gasteiger charge is -2.06. The number of methoxy groups -OCH3 is 1. The van der Waals surface area contributed by atoms with Gasteiger partial charge in [-0.15, -0.1) is 0 Å². The van der Waals surface area contributed by atoms with Gasteiger partial charge in [0.1, 0.15) is 5.03 Å². The Hall–Kier alpha value is -2.02. The number of hydrogen-bond donors (Lipinski definition) is 0. The molecule has 6 nitrogen and oxygen atoms in total. The molecular formula is C13H14N4O2S. The molecule has 0 aliphatic heterocycles. The summed E-state index contributed by atoms with van der Waals surface area (Å²) in [5.74, 6) is -0.507. The number of nitrogens with zero attached hydrogens (tertiary/aromatic N) is 4. The highest BCUT2D eigenvalue weighted by Crippen LogP contribution is 2.23. The summed E-state index contributed by atoms with van der Waals surface area (Å²) in [5, 5.41) is 1.24. The van der Waals surface area contributed by atoms with Crippen molar-refractivity contribution in [3.8, 4) is 0 Å². The molecule has 2 aromatic heterocycles. The number of carbonyl (C=O) groups is 1. The smallest absolute Gasteiger partial charge is 0.358 e. The van der Waals surface area contributed by atoms with E-state index in [1.165, 1.54) is 31.3 Å². The molecule has 7 heteroatoms. The second-order valence-corrected chi connectivity index (χ2v) is 5.12. The summed E-state index contributed by atoms with van der Waals surface area (Å²) in [6.45, 7) is 5.88. The fourth-order valence-electron chi connectivity index (χ4n) is 1.46. The van der Waals surface area contributed by atoms with E-state index >= 15 is 0 Å². The number of hydrogen-bond acceptors (Lipinski definition) is 7. The van der Waals surface area contributed by atoms with Crippen molar-refractivity contribution in [1.82, 2.24) is 19.9 Å². The molecule has 0 fully saturated rings. The molecule has 2 rings (SSSR count). The highest BCUT2D eigenvalue weighted by Gasteiger charge is 2.10. The van der Waals surface area contributed by atoms with Gasteiger partial charge in [0.15, 0.2) is 10.9 Å². The summed E-state index contributed by atoms with van der Waals surface area (Å²) in [5.41, 5.74) is 3.15. The Morgan fingerprint density at radius 3 is 2.25 bits per heavy atom. The SMILES string of the molecule is COC(=O)c1cnc(Sc2nc(C)c(C)c(C)n2)cn1. The summed E-state index contributed by atoms with van der Waals surface area (Å²) < 4.78 is 4.57. The van der Waals surface area contributed by atoms with E-state index < -0.39 is 5.97 Å². The van der Waals surface area contributed by atoms with Gasteiger partial charge in [0, 0.05) is 11.4 Å². The Kier molecular flexibility index (Phi) is 4.29. The molecule has 0 saturated carbocycles. The number of aromatic nitrogens is 4. The molecule has 104 valence electrons. The number of rotatable bonds is 3. The zero-order valence-electron chi connectivity index (χ0n) is 11.7. The fourth-order valence-corrected chi connectivity index (χ4v) is 2.22. The second kappa shape index (κ2) is 5.96. The van der Waals surface area contributed by atoms with Gasteiger partial charge in [0.05, 0.1) is 19.5 Å². The van der Waals surface area contributed by atoms with Gasteiger partial charge in [-0.1, -0.05) is 0 Å². The minimum Gasteiger partial charge on any atom is -0.464 e. The molecule has 0 amide bonds. The van der Waals surface area contributed by atoms with Gasteiger partial charge in [-0.05, 0) is 38.1 Å². The van der Waals surface area contributed by atoms with Crippen molar-refractivity contribution < 1.29 is 9.53 Å². The van der Waals surface area contributed by atoms with Crippen LogP contribution in [0.3, 0.4) is 0 Å². The summed E-state index contributed by atoms with van der Waals surface area (Å²) in [6.07, 6.45) is 2.88. The van der Waals surface area contributed by atoms with Gasteiger partial charge >= 0.3 is 5.97 Å². The number of aryl methyl sites for hydroxylation is 2. The van der Waals surface area contributed by atoms with E-state index in [1.807, 2.05) is 20.8 Å². The third-order valence-corrected chi connectivity index (χ3v) is 3.62. The second-order valence-electron chi connectivity index (χ2n) is 4.14. The lowest BCUT2D eigenvalue weighted by atomic mass is 10.2. The largest absolute Gasteiger partial charge is 0.464 e. The average molecular weight is 290 g/mol. The van der Waals surface area contributed by atoms with Crippen molar-refractivity contribution >= 4 is 17.7 Å². The Morgan fingerprint density at radius 2 is 1.75 bits per heavy atom. The van der Waals surface area contributed by atoms with Crippen LogP contribution in [0, 0.1) is 20.8 Å². The minimum absolute atomic E-state index is 0.175. The monoisotopic (exact) mass is 290 g/mol. The van der Waals surface area contributed by atoms with Gasteiger partial charge in [-0.2, -0.15) is 0 Å². The van der Waals surface area contributed by atoms with E-state index in [4.69, 9.17) is 0 Å². The van der Waals surface area contributed by atoms with Gasteiger partial charge in [-0.3, -0.25) is 0 Å². The van der Waals surface area contributed by atoms with Crippen LogP contribution in [0.1, 0.15) is 27.4 Å². The molecule has 0 aliphatic rings. The van der Waals surface area contributed by atoms with Gasteiger partial charge in [0.25, 0.3) is 0 Å². The molecule has 0 spiro atoms. The first-order chi connectivity index (χ1) is 9.51. The van der Waals surface area contributed by atoms with Crippen molar-refractivity contribution in [2.24, 2.45) is 0 Å². The van der Waals surface area contributed by atoms with Crippen molar-refractivity contribution in [1.29, 1.82) is 0 Å². The van der Waals surface area contributed by atoms with Gasteiger partial charge in [-0.25, -0.2) is 24.7 Å². The van der Waals surface area contributed by atoms with Crippen molar-refractivity contribution in [3.05, 3.63) is 35.0 Å². The molecule has 2 heterocycles. The quantitative estimate of drug-likeness (QED) is 0.633. The predicted octanol–water partition coefficient (Wildman–Crippen LogP) is 2.13. The van der Waals surface area contributed by atoms with Gasteiger partial charge < -0.3 is 4.74 Å². The van der Waals surface area contributed by atoms with E-state index in [-0.39, 0.29) is 5.69 Å². The lowest BCUT2D eigenvalue weighted by molar-refractivity contribution is 0.0593. The third kappa shape index (κ3) is 3.11. The Balaban J connectivity index is 2.20. The normalized spacial score (nSPS) is 10.4. The summed E-state index contributed by atoms with van der Waals surface area (Å²) in [6, 6.07) is 0. The van der Waals surface area contributed by atoms with Crippen molar-refractivity contribution in [3.63, 3.8) is 0 Å². The molecule has 0 aromatic carbocycles. The molecule has 0 bridgehead atoms. The van der Waals surface area contributed by atoms with Crippen LogP contribution in [0.25, 0.3) is 0 Å². The van der Waals surface area contributed by atoms with E-state index in [9.17, 15) is 4.79 Å². The van der Waals surface area contributed by atoms with Crippen LogP contribution >= 0.6 is 11.8 Å². The topological polar surface area (TPSA) is 77.9 Å². The maximum atomic E-state index is 11.3. The van der Waals surface area contributed by atoms with Crippen LogP contribution in [0.5, 0.6) is 0 Å². The van der Waals surface area contributed by atoms with E-state index in [1.54, 1.807) is 0 Å². The number of esters is 1. The third-order valence-electron chi connectivity index (χ3n) is 2.83. The Morgan fingerprint density at radius 1 is 1.10 bits per heavy atom. The van der Waals surface area contributed by atoms with Crippen LogP contribution < -0.4 is 0 Å². The van der Waals surface area contributed by atoms with Crippen LogP contribution in [-0.2, 0) is 4.74 Å². The van der Waals surface area contributed by atoms with E-state index in [0.717, 1.165) is 17.0 Å². The molecule has 0 unspecified atom stereocenters. The molecule has 0 N–H and O–H groups in total. The van der Waals surface area contributed by atoms with Crippen LogP contribution in [0.15, 0.2) is 22.6 Å². The lowest BCUT2D eigenvalue weighted by Crippen LogP contribution is -2.05. The zero-order valence-corrected chi connectivity index (χ0v) is 12.5. The van der Waals surface area contributed by atoms with Crippen molar-refractivity contribution in [2.45, 2.75) is 31.0 Å². The highest BCUT2D eigenvalue weighted by atomic mass is 32.2. The molecular weight excluding hydrogens is 276 g/mol. The van der Waals surface area contributed by atoms with Crippen LogP contribution in [-0.4, -0.2) is 33.0 Å². The average Bonchev–Trinajstić information content (AvgIpc) is 2.44. The molecule has 20 heavy (non-hydrogen) atoms. The Labute approximate surface area is 121 Å². The van der Waals surface area contributed by atoms with E-state index in [2.05, 4.69) is 24.7 Å². The first-order valence-corrected chi connectivity index (χ1v) is 6.73. The summed E-state index contributed by atoms with van der Waals surface area (Å²) >= 11 is 1.30. The first-order valence-electron chi connectivity index (χ1n) is 5.91. The number of ether oxygens (including phenoxy) is 1. The minimum atomic E-state index is -0.507. The molecule has 2 aromatic rings. The van der Waals surface area contributed by atoms with Crippen molar-refractivity contribution in [2.75, 3.05) is 7.11 Å². The van der Waals surface area contributed by atoms with E-state index in [0.29, 0.717) is 10.2 Å². The number of carbonyl (C=O) groups excluding carboxylic acids is 1. The highest BCUT2D eigenvalue weighted by molar-refractivity contribution is 7.99. The first kappa shape index (κ1) is 14.4. The van der Waals surface area contributed by atoms with Gasteiger partial charge in [0.2, 0.25) is 0 Å². The molecule has 0 saturated heterocycles. The predicted molar refractivity (Wildman–Crippen MR) is 73.7 cm³/mol. The molecule has 0 aliphatic carbocycles. The van der Waals surface area contributed by atoms with Crippen LogP contribution in [0.4, 0.5) is 0 Å². The standard InChI is InChI=1S/C13H14N4O2S/c1-7-8(2)16-13(17-9(7)3)20-11-6-14-10(5-15-11)12(18)19-4/h5-6H,1-4H3. The van der Waals surface area contributed by atoms with Crippen LogP contribution in [0.2, 0.25) is 0 Å². The summed E-state index contributed by atoms with van der Waals surface area (Å²) in [7, 11) is 1.30. The Bertz CT molecular complexity index is 620. The molecule has 0 atom stereocenters.